The molecule has 4 heteroatoms. The SMILES string of the molecule is C[C@]12CC3CC(P(=O)(Cl)Cl)(C1)C[C@@](C)(C3)C2. The molecule has 0 aromatic rings. The molecule has 92 valence electrons. The van der Waals surface area contributed by atoms with Crippen LogP contribution in [-0.4, -0.2) is 5.16 Å². The minimum absolute atomic E-state index is 0.251. The van der Waals surface area contributed by atoms with Gasteiger partial charge >= 0.3 is 0 Å². The third-order valence-corrected chi connectivity index (χ3v) is 8.90. The Morgan fingerprint density at radius 1 is 1.00 bits per heavy atom. The highest BCUT2D eigenvalue weighted by atomic mass is 35.9. The predicted octanol–water partition coefficient (Wildman–Crippen LogP) is 5.41. The molecule has 0 aromatic heterocycles. The van der Waals surface area contributed by atoms with Gasteiger partial charge in [0, 0.05) is 0 Å². The molecule has 2 unspecified atom stereocenters. The van der Waals surface area contributed by atoms with Crippen LogP contribution in [0.3, 0.4) is 0 Å². The Kier molecular flexibility index (Phi) is 2.25. The van der Waals surface area contributed by atoms with Crippen LogP contribution in [0.15, 0.2) is 0 Å². The molecule has 4 saturated carbocycles. The Hall–Kier alpha value is 0.810. The van der Waals surface area contributed by atoms with Gasteiger partial charge in [0.25, 0.3) is 5.85 Å². The molecule has 0 spiro atoms. The van der Waals surface area contributed by atoms with Gasteiger partial charge in [0.2, 0.25) is 0 Å². The van der Waals surface area contributed by atoms with Crippen LogP contribution in [0.4, 0.5) is 0 Å². The number of hydrogen-bond donors (Lipinski definition) is 0. The van der Waals surface area contributed by atoms with Crippen molar-refractivity contribution in [3.05, 3.63) is 0 Å². The lowest BCUT2D eigenvalue weighted by Crippen LogP contribution is -2.57. The van der Waals surface area contributed by atoms with Gasteiger partial charge in [-0.3, -0.25) is 4.57 Å². The Balaban J connectivity index is 2.08. The third-order valence-electron chi connectivity index (χ3n) is 5.15. The molecule has 4 fully saturated rings. The second-order valence-corrected chi connectivity index (χ2v) is 12.6. The molecule has 4 aliphatic carbocycles. The van der Waals surface area contributed by atoms with Crippen molar-refractivity contribution in [3.63, 3.8) is 0 Å². The fourth-order valence-electron chi connectivity index (χ4n) is 5.68. The summed E-state index contributed by atoms with van der Waals surface area (Å²) in [6, 6.07) is 0. The van der Waals surface area contributed by atoms with Crippen molar-refractivity contribution in [1.82, 2.24) is 0 Å². The molecule has 0 aliphatic heterocycles. The summed E-state index contributed by atoms with van der Waals surface area (Å²) < 4.78 is 12.3. The van der Waals surface area contributed by atoms with E-state index >= 15 is 0 Å². The van der Waals surface area contributed by atoms with E-state index in [0.717, 1.165) is 19.3 Å². The molecular formula is C12H19Cl2OP. The smallest absolute Gasteiger partial charge is 0.259 e. The topological polar surface area (TPSA) is 17.1 Å². The standard InChI is InChI=1S/C12H19Cl2OP/c1-10-3-9-4-11(2,6-10)8-12(5-9,7-10)16(13,14)15/h9H,3-8H2,1-2H3/t9?,10-,11+,12?. The maximum absolute atomic E-state index is 12.3. The minimum Gasteiger partial charge on any atom is -0.289 e. The van der Waals surface area contributed by atoms with Crippen LogP contribution in [0.25, 0.3) is 0 Å². The van der Waals surface area contributed by atoms with Crippen molar-refractivity contribution < 1.29 is 4.57 Å². The van der Waals surface area contributed by atoms with E-state index < -0.39 is 5.85 Å². The fraction of sp³-hybridized carbons (Fsp3) is 1.00. The molecule has 0 N–H and O–H groups in total. The minimum atomic E-state index is -3.01. The van der Waals surface area contributed by atoms with Crippen molar-refractivity contribution >= 4 is 28.3 Å². The zero-order valence-electron chi connectivity index (χ0n) is 9.93. The normalized spacial score (nSPS) is 55.6. The highest BCUT2D eigenvalue weighted by Gasteiger charge is 2.65. The molecule has 16 heavy (non-hydrogen) atoms. The van der Waals surface area contributed by atoms with Crippen LogP contribution in [0.5, 0.6) is 0 Å². The van der Waals surface area contributed by atoms with E-state index in [2.05, 4.69) is 13.8 Å². The van der Waals surface area contributed by atoms with Crippen LogP contribution >= 0.6 is 28.3 Å². The van der Waals surface area contributed by atoms with Crippen LogP contribution in [0.2, 0.25) is 0 Å². The second-order valence-electron chi connectivity index (χ2n) is 7.32. The van der Waals surface area contributed by atoms with E-state index in [0.29, 0.717) is 16.7 Å². The van der Waals surface area contributed by atoms with Crippen molar-refractivity contribution in [1.29, 1.82) is 0 Å². The Morgan fingerprint density at radius 3 is 1.88 bits per heavy atom. The summed E-state index contributed by atoms with van der Waals surface area (Å²) in [6.45, 7) is 4.68. The molecule has 0 amide bonds. The summed E-state index contributed by atoms with van der Waals surface area (Å²) in [5, 5.41) is -0.251. The van der Waals surface area contributed by atoms with Crippen LogP contribution in [0, 0.1) is 16.7 Å². The van der Waals surface area contributed by atoms with E-state index in [9.17, 15) is 4.57 Å². The van der Waals surface area contributed by atoms with Gasteiger partial charge in [0.05, 0.1) is 5.16 Å². The van der Waals surface area contributed by atoms with Crippen molar-refractivity contribution in [2.45, 2.75) is 57.5 Å². The van der Waals surface area contributed by atoms with Gasteiger partial charge in [-0.25, -0.2) is 0 Å². The molecule has 4 aliphatic rings. The summed E-state index contributed by atoms with van der Waals surface area (Å²) >= 11 is 12.2. The summed E-state index contributed by atoms with van der Waals surface area (Å²) in [7, 11) is 0. The maximum atomic E-state index is 12.3. The van der Waals surface area contributed by atoms with Gasteiger partial charge in [-0.05, 0) is 77.8 Å². The van der Waals surface area contributed by atoms with Gasteiger partial charge in [-0.1, -0.05) is 13.8 Å². The zero-order chi connectivity index (χ0) is 11.8. The first-order valence-corrected chi connectivity index (χ1v) is 9.67. The fourth-order valence-corrected chi connectivity index (χ4v) is 8.41. The Bertz CT molecular complexity index is 370. The second kappa shape index (κ2) is 3.03. The third kappa shape index (κ3) is 1.54. The van der Waals surface area contributed by atoms with Crippen LogP contribution in [0.1, 0.15) is 52.4 Å². The van der Waals surface area contributed by atoms with E-state index in [1.807, 2.05) is 0 Å². The van der Waals surface area contributed by atoms with Gasteiger partial charge in [-0.15, -0.1) is 0 Å². The Morgan fingerprint density at radius 2 is 1.50 bits per heavy atom. The predicted molar refractivity (Wildman–Crippen MR) is 69.4 cm³/mol. The maximum Gasteiger partial charge on any atom is 0.259 e. The Labute approximate surface area is 107 Å². The van der Waals surface area contributed by atoms with E-state index in [1.165, 1.54) is 19.3 Å². The molecule has 0 radical (unpaired) electrons. The first-order chi connectivity index (χ1) is 7.16. The van der Waals surface area contributed by atoms with E-state index in [1.54, 1.807) is 0 Å². The summed E-state index contributed by atoms with van der Waals surface area (Å²) in [5.74, 6) is -2.30. The molecule has 4 bridgehead atoms. The lowest BCUT2D eigenvalue weighted by Gasteiger charge is -2.65. The van der Waals surface area contributed by atoms with E-state index in [4.69, 9.17) is 22.5 Å². The number of halogens is 2. The van der Waals surface area contributed by atoms with Crippen molar-refractivity contribution in [2.75, 3.05) is 0 Å². The molecule has 0 aromatic carbocycles. The zero-order valence-corrected chi connectivity index (χ0v) is 12.3. The van der Waals surface area contributed by atoms with Crippen LogP contribution in [-0.2, 0) is 4.57 Å². The average Bonchev–Trinajstić information content (AvgIpc) is 1.92. The van der Waals surface area contributed by atoms with Gasteiger partial charge in [-0.2, -0.15) is 0 Å². The quantitative estimate of drug-likeness (QED) is 0.587. The first-order valence-electron chi connectivity index (χ1n) is 6.15. The first kappa shape index (κ1) is 11.9. The summed E-state index contributed by atoms with van der Waals surface area (Å²) in [4.78, 5) is 0. The highest BCUT2D eigenvalue weighted by Crippen LogP contribution is 2.81. The van der Waals surface area contributed by atoms with Gasteiger partial charge in [0.15, 0.2) is 0 Å². The monoisotopic (exact) mass is 280 g/mol. The van der Waals surface area contributed by atoms with Crippen molar-refractivity contribution in [2.24, 2.45) is 16.7 Å². The van der Waals surface area contributed by atoms with Gasteiger partial charge in [0.1, 0.15) is 0 Å². The summed E-state index contributed by atoms with van der Waals surface area (Å²) in [5.41, 5.74) is 0.682. The molecular weight excluding hydrogens is 262 g/mol. The largest absolute Gasteiger partial charge is 0.289 e. The average molecular weight is 281 g/mol. The van der Waals surface area contributed by atoms with Gasteiger partial charge < -0.3 is 0 Å². The molecule has 0 heterocycles. The molecule has 0 saturated heterocycles. The summed E-state index contributed by atoms with van der Waals surface area (Å²) in [6.07, 6.45) is 6.82. The lowest BCUT2D eigenvalue weighted by molar-refractivity contribution is -0.0801. The van der Waals surface area contributed by atoms with E-state index in [-0.39, 0.29) is 5.16 Å². The molecule has 4 atom stereocenters. The molecule has 1 nitrogen and oxygen atoms in total. The number of hydrogen-bond acceptors (Lipinski definition) is 1. The molecule has 4 rings (SSSR count). The van der Waals surface area contributed by atoms with Crippen molar-refractivity contribution in [3.8, 4) is 0 Å². The highest BCUT2D eigenvalue weighted by molar-refractivity contribution is 8.09. The lowest BCUT2D eigenvalue weighted by atomic mass is 9.45. The number of rotatable bonds is 1. The van der Waals surface area contributed by atoms with Crippen LogP contribution < -0.4 is 0 Å².